The van der Waals surface area contributed by atoms with E-state index in [1.165, 1.54) is 19.0 Å². The molecule has 0 unspecified atom stereocenters. The molecule has 0 radical (unpaired) electrons. The van der Waals surface area contributed by atoms with E-state index in [-0.39, 0.29) is 11.9 Å². The molecule has 1 N–H and O–H groups in total. The van der Waals surface area contributed by atoms with Crippen molar-refractivity contribution in [2.24, 2.45) is 16.7 Å². The first-order chi connectivity index (χ1) is 10.3. The molecule has 4 nitrogen and oxygen atoms in total. The molecule has 1 aromatic rings. The third-order valence-electron chi connectivity index (χ3n) is 5.66. The number of hydrogen-bond donors (Lipinski definition) is 1. The van der Waals surface area contributed by atoms with Gasteiger partial charge in [0.2, 0.25) is 0 Å². The van der Waals surface area contributed by atoms with Crippen molar-refractivity contribution < 1.29 is 4.79 Å². The number of aromatic nitrogens is 2. The maximum atomic E-state index is 12.2. The average molecular weight is 303 g/mol. The van der Waals surface area contributed by atoms with E-state index in [0.717, 1.165) is 12.8 Å². The van der Waals surface area contributed by atoms with Crippen molar-refractivity contribution >= 4 is 5.91 Å². The molecule has 1 fully saturated rings. The van der Waals surface area contributed by atoms with Crippen LogP contribution in [0.5, 0.6) is 0 Å². The topological polar surface area (TPSA) is 54.9 Å². The monoisotopic (exact) mass is 303 g/mol. The molecule has 0 aliphatic heterocycles. The van der Waals surface area contributed by atoms with E-state index in [4.69, 9.17) is 0 Å². The van der Waals surface area contributed by atoms with Gasteiger partial charge in [0.05, 0.1) is 18.0 Å². The number of hydrogen-bond acceptors (Lipinski definition) is 3. The molecular weight excluding hydrogens is 274 g/mol. The Morgan fingerprint density at radius 2 is 1.91 bits per heavy atom. The number of nitrogens with one attached hydrogen (secondary N) is 1. The lowest BCUT2D eigenvalue weighted by Crippen LogP contribution is -2.47. The third kappa shape index (κ3) is 3.31. The normalized spacial score (nSPS) is 26.0. The summed E-state index contributed by atoms with van der Waals surface area (Å²) in [7, 11) is 0. The Morgan fingerprint density at radius 1 is 1.27 bits per heavy atom. The molecule has 0 atom stereocenters. The van der Waals surface area contributed by atoms with Crippen LogP contribution in [-0.4, -0.2) is 22.1 Å². The minimum atomic E-state index is -0.0345. The van der Waals surface area contributed by atoms with E-state index in [9.17, 15) is 4.79 Å². The van der Waals surface area contributed by atoms with Gasteiger partial charge in [-0.25, -0.2) is 0 Å². The van der Waals surface area contributed by atoms with Crippen LogP contribution in [0.25, 0.3) is 0 Å². The van der Waals surface area contributed by atoms with E-state index in [1.807, 2.05) is 0 Å². The van der Waals surface area contributed by atoms with Gasteiger partial charge in [0.15, 0.2) is 0 Å². The predicted molar refractivity (Wildman–Crippen MR) is 88.5 cm³/mol. The van der Waals surface area contributed by atoms with Crippen molar-refractivity contribution in [2.45, 2.75) is 66.3 Å². The van der Waals surface area contributed by atoms with E-state index >= 15 is 0 Å². The summed E-state index contributed by atoms with van der Waals surface area (Å²) in [6.45, 7) is 11.7. The zero-order chi connectivity index (χ0) is 16.4. The minimum absolute atomic E-state index is 0.0345. The molecule has 0 spiro atoms. The Kier molecular flexibility index (Phi) is 4.88. The van der Waals surface area contributed by atoms with Crippen LogP contribution in [0.1, 0.15) is 70.7 Å². The van der Waals surface area contributed by atoms with Crippen molar-refractivity contribution in [1.29, 1.82) is 0 Å². The average Bonchev–Trinajstić information content (AvgIpc) is 2.47. The number of nitrogens with zero attached hydrogens (tertiary/aromatic N) is 2. The Labute approximate surface area is 134 Å². The first-order valence-electron chi connectivity index (χ1n) is 8.34. The molecule has 4 heteroatoms. The largest absolute Gasteiger partial charge is 0.349 e. The number of carbonyl (C=O) groups is 1. The van der Waals surface area contributed by atoms with Crippen LogP contribution in [0, 0.1) is 16.7 Å². The molecule has 1 aliphatic rings. The maximum Gasteiger partial charge on any atom is 0.253 e. The van der Waals surface area contributed by atoms with Crippen LogP contribution >= 0.6 is 0 Å². The summed E-state index contributed by atoms with van der Waals surface area (Å²) < 4.78 is 0. The van der Waals surface area contributed by atoms with Crippen molar-refractivity contribution in [3.8, 4) is 0 Å². The molecular formula is C18H29N3O. The van der Waals surface area contributed by atoms with Crippen LogP contribution < -0.4 is 5.32 Å². The quantitative estimate of drug-likeness (QED) is 0.923. The van der Waals surface area contributed by atoms with Gasteiger partial charge in [0.25, 0.3) is 5.91 Å². The van der Waals surface area contributed by atoms with E-state index in [0.29, 0.717) is 22.3 Å². The molecule has 22 heavy (non-hydrogen) atoms. The van der Waals surface area contributed by atoms with E-state index in [1.54, 1.807) is 12.3 Å². The van der Waals surface area contributed by atoms with Gasteiger partial charge in [-0.1, -0.05) is 34.6 Å². The van der Waals surface area contributed by atoms with Crippen molar-refractivity contribution in [3.05, 3.63) is 24.0 Å². The fourth-order valence-corrected chi connectivity index (χ4v) is 4.16. The molecule has 1 amide bonds. The zero-order valence-electron chi connectivity index (χ0n) is 14.5. The zero-order valence-corrected chi connectivity index (χ0v) is 14.5. The predicted octanol–water partition coefficient (Wildman–Crippen LogP) is 3.84. The van der Waals surface area contributed by atoms with Gasteiger partial charge >= 0.3 is 0 Å². The van der Waals surface area contributed by atoms with Gasteiger partial charge in [-0.15, -0.1) is 0 Å². The standard InChI is InChI=1S/C18H29N3O/c1-13(2)18(17(3,4)5)9-6-15(7-10-18)21-16(22)14-8-11-19-20-12-14/h8,11-13,15H,6-7,9-10H2,1-5H3,(H,21,22). The summed E-state index contributed by atoms with van der Waals surface area (Å²) in [5, 5.41) is 10.6. The number of rotatable bonds is 3. The second-order valence-electron chi connectivity index (χ2n) is 7.94. The third-order valence-corrected chi connectivity index (χ3v) is 5.66. The molecule has 1 aromatic heterocycles. The Balaban J connectivity index is 1.99. The molecule has 122 valence electrons. The smallest absolute Gasteiger partial charge is 0.253 e. The Bertz CT molecular complexity index is 497. The summed E-state index contributed by atoms with van der Waals surface area (Å²) >= 11 is 0. The summed E-state index contributed by atoms with van der Waals surface area (Å²) in [6, 6.07) is 1.98. The molecule has 1 heterocycles. The van der Waals surface area contributed by atoms with E-state index in [2.05, 4.69) is 50.1 Å². The fourth-order valence-electron chi connectivity index (χ4n) is 4.16. The lowest BCUT2D eigenvalue weighted by Gasteiger charge is -2.52. The van der Waals surface area contributed by atoms with Gasteiger partial charge in [-0.2, -0.15) is 10.2 Å². The molecule has 1 saturated carbocycles. The highest BCUT2D eigenvalue weighted by Gasteiger charge is 2.46. The molecule has 0 saturated heterocycles. The van der Waals surface area contributed by atoms with E-state index < -0.39 is 0 Å². The second-order valence-corrected chi connectivity index (χ2v) is 7.94. The first kappa shape index (κ1) is 16.9. The fraction of sp³-hybridized carbons (Fsp3) is 0.722. The highest BCUT2D eigenvalue weighted by Crippen LogP contribution is 2.54. The van der Waals surface area contributed by atoms with Crippen molar-refractivity contribution in [1.82, 2.24) is 15.5 Å². The molecule has 1 aliphatic carbocycles. The summed E-state index contributed by atoms with van der Waals surface area (Å²) in [4.78, 5) is 12.2. The maximum absolute atomic E-state index is 12.2. The summed E-state index contributed by atoms with van der Waals surface area (Å²) in [6.07, 6.45) is 7.53. The van der Waals surface area contributed by atoms with Crippen molar-refractivity contribution in [3.63, 3.8) is 0 Å². The number of amides is 1. The highest BCUT2D eigenvalue weighted by atomic mass is 16.1. The molecule has 0 bridgehead atoms. The van der Waals surface area contributed by atoms with Gasteiger partial charge in [0, 0.05) is 6.04 Å². The lowest BCUT2D eigenvalue weighted by molar-refractivity contribution is -0.0158. The van der Waals surface area contributed by atoms with Crippen molar-refractivity contribution in [2.75, 3.05) is 0 Å². The first-order valence-corrected chi connectivity index (χ1v) is 8.34. The molecule has 2 rings (SSSR count). The van der Waals surface area contributed by atoms with Gasteiger partial charge < -0.3 is 5.32 Å². The highest BCUT2D eigenvalue weighted by molar-refractivity contribution is 5.93. The minimum Gasteiger partial charge on any atom is -0.349 e. The summed E-state index contributed by atoms with van der Waals surface area (Å²) in [5.41, 5.74) is 1.25. The summed E-state index contributed by atoms with van der Waals surface area (Å²) in [5.74, 6) is 0.626. The van der Waals surface area contributed by atoms with Gasteiger partial charge in [0.1, 0.15) is 0 Å². The SMILES string of the molecule is CC(C)C1(C(C)(C)C)CCC(NC(=O)c2ccnnc2)CC1. The Morgan fingerprint density at radius 3 is 2.36 bits per heavy atom. The molecule has 0 aromatic carbocycles. The number of carbonyl (C=O) groups excluding carboxylic acids is 1. The lowest BCUT2D eigenvalue weighted by atomic mass is 9.54. The van der Waals surface area contributed by atoms with Crippen LogP contribution in [0.3, 0.4) is 0 Å². The van der Waals surface area contributed by atoms with Crippen LogP contribution in [0.4, 0.5) is 0 Å². The Hall–Kier alpha value is -1.45. The van der Waals surface area contributed by atoms with Crippen LogP contribution in [-0.2, 0) is 0 Å². The van der Waals surface area contributed by atoms with Gasteiger partial charge in [-0.3, -0.25) is 4.79 Å². The van der Waals surface area contributed by atoms with Crippen LogP contribution in [0.2, 0.25) is 0 Å². The van der Waals surface area contributed by atoms with Crippen LogP contribution in [0.15, 0.2) is 18.5 Å². The second kappa shape index (κ2) is 6.35. The van der Waals surface area contributed by atoms with Gasteiger partial charge in [-0.05, 0) is 48.5 Å².